The number of sulfonamides is 1. The van der Waals surface area contributed by atoms with E-state index < -0.39 is 31.3 Å². The van der Waals surface area contributed by atoms with Crippen molar-refractivity contribution in [1.82, 2.24) is 10.0 Å². The summed E-state index contributed by atoms with van der Waals surface area (Å²) in [5.74, 6) is -0.704. The molecule has 1 aromatic carbocycles. The van der Waals surface area contributed by atoms with Crippen LogP contribution in [0.3, 0.4) is 0 Å². The number of nitrogens with zero attached hydrogens (tertiary/aromatic N) is 1. The van der Waals surface area contributed by atoms with Gasteiger partial charge in [-0.15, -0.1) is 0 Å². The van der Waals surface area contributed by atoms with E-state index in [1.807, 2.05) is 0 Å². The van der Waals surface area contributed by atoms with Gasteiger partial charge in [-0.25, -0.2) is 17.5 Å². The van der Waals surface area contributed by atoms with Gasteiger partial charge in [-0.2, -0.15) is 0 Å². The first-order valence-corrected chi connectivity index (χ1v) is 8.03. The number of nitro benzene ring substituents is 1. The molecule has 2 rings (SSSR count). The molecule has 1 saturated heterocycles. The molecular weight excluding hydrogens is 301 g/mol. The molecule has 1 aliphatic rings. The highest BCUT2D eigenvalue weighted by Gasteiger charge is 2.27. The van der Waals surface area contributed by atoms with Crippen LogP contribution in [0.15, 0.2) is 23.1 Å². The van der Waals surface area contributed by atoms with Gasteiger partial charge >= 0.3 is 0 Å². The first-order valence-electron chi connectivity index (χ1n) is 6.54. The second-order valence-electron chi connectivity index (χ2n) is 4.93. The average Bonchev–Trinajstić information content (AvgIpc) is 2.46. The van der Waals surface area contributed by atoms with E-state index in [0.717, 1.165) is 31.5 Å². The normalized spacial score (nSPS) is 19.4. The van der Waals surface area contributed by atoms with Crippen LogP contribution in [0.2, 0.25) is 0 Å². The molecule has 0 amide bonds. The molecule has 1 aromatic rings. The fourth-order valence-corrected chi connectivity index (χ4v) is 3.53. The van der Waals surface area contributed by atoms with Gasteiger partial charge in [0.2, 0.25) is 10.0 Å². The standard InChI is InChI=1S/C12H16FN3O4S/c13-10-3-4-12(11(6-10)16(17)18)21(19,20)15-8-9-2-1-5-14-7-9/h3-4,6,9,14-15H,1-2,5,7-8H2. The van der Waals surface area contributed by atoms with Crippen molar-refractivity contribution in [3.8, 4) is 0 Å². The predicted molar refractivity (Wildman–Crippen MR) is 73.8 cm³/mol. The molecule has 0 aliphatic carbocycles. The Morgan fingerprint density at radius 2 is 2.24 bits per heavy atom. The van der Waals surface area contributed by atoms with Gasteiger partial charge < -0.3 is 5.32 Å². The number of nitrogens with one attached hydrogen (secondary N) is 2. The summed E-state index contributed by atoms with van der Waals surface area (Å²) < 4.78 is 39.7. The Hall–Kier alpha value is -1.58. The van der Waals surface area contributed by atoms with Crippen molar-refractivity contribution < 1.29 is 17.7 Å². The largest absolute Gasteiger partial charge is 0.316 e. The lowest BCUT2D eigenvalue weighted by Gasteiger charge is -2.22. The van der Waals surface area contributed by atoms with Crippen LogP contribution in [-0.4, -0.2) is 33.0 Å². The van der Waals surface area contributed by atoms with E-state index in [0.29, 0.717) is 12.6 Å². The van der Waals surface area contributed by atoms with Gasteiger partial charge in [-0.05, 0) is 44.0 Å². The van der Waals surface area contributed by atoms with Crippen LogP contribution in [0.5, 0.6) is 0 Å². The van der Waals surface area contributed by atoms with Crippen LogP contribution in [0.1, 0.15) is 12.8 Å². The molecule has 0 radical (unpaired) electrons. The van der Waals surface area contributed by atoms with Crippen molar-refractivity contribution in [2.45, 2.75) is 17.7 Å². The molecule has 21 heavy (non-hydrogen) atoms. The summed E-state index contributed by atoms with van der Waals surface area (Å²) in [6.07, 6.45) is 1.85. The summed E-state index contributed by atoms with van der Waals surface area (Å²) in [4.78, 5) is 9.44. The van der Waals surface area contributed by atoms with Gasteiger partial charge in [0.05, 0.1) is 11.0 Å². The topological polar surface area (TPSA) is 101 Å². The molecule has 0 spiro atoms. The second kappa shape index (κ2) is 6.46. The van der Waals surface area contributed by atoms with E-state index in [1.54, 1.807) is 0 Å². The number of rotatable bonds is 5. The lowest BCUT2D eigenvalue weighted by Crippen LogP contribution is -2.38. The van der Waals surface area contributed by atoms with Crippen molar-refractivity contribution in [2.75, 3.05) is 19.6 Å². The first kappa shape index (κ1) is 15.8. The highest BCUT2D eigenvalue weighted by Crippen LogP contribution is 2.24. The Labute approximate surface area is 121 Å². The van der Waals surface area contributed by atoms with Crippen molar-refractivity contribution >= 4 is 15.7 Å². The molecule has 9 heteroatoms. The van der Waals surface area contributed by atoms with Crippen LogP contribution in [0.25, 0.3) is 0 Å². The Balaban J connectivity index is 2.17. The van der Waals surface area contributed by atoms with Gasteiger partial charge in [0, 0.05) is 6.54 Å². The zero-order valence-corrected chi connectivity index (χ0v) is 12.0. The molecule has 2 N–H and O–H groups in total. The summed E-state index contributed by atoms with van der Waals surface area (Å²) >= 11 is 0. The number of halogens is 1. The van der Waals surface area contributed by atoms with Gasteiger partial charge in [0.25, 0.3) is 5.69 Å². The van der Waals surface area contributed by atoms with Crippen molar-refractivity contribution in [1.29, 1.82) is 0 Å². The van der Waals surface area contributed by atoms with E-state index in [9.17, 15) is 22.9 Å². The lowest BCUT2D eigenvalue weighted by molar-refractivity contribution is -0.388. The van der Waals surface area contributed by atoms with Gasteiger partial charge in [0.15, 0.2) is 4.90 Å². The van der Waals surface area contributed by atoms with Crippen LogP contribution in [-0.2, 0) is 10.0 Å². The minimum absolute atomic E-state index is 0.146. The number of benzene rings is 1. The Bertz CT molecular complexity index is 629. The maximum Gasteiger partial charge on any atom is 0.292 e. The molecule has 116 valence electrons. The third-order valence-corrected chi connectivity index (χ3v) is 4.84. The Morgan fingerprint density at radius 3 is 2.86 bits per heavy atom. The molecule has 1 unspecified atom stereocenters. The fourth-order valence-electron chi connectivity index (χ4n) is 2.26. The molecule has 1 aliphatic heterocycles. The van der Waals surface area contributed by atoms with Crippen LogP contribution >= 0.6 is 0 Å². The number of nitro groups is 1. The summed E-state index contributed by atoms with van der Waals surface area (Å²) in [6.45, 7) is 1.81. The van der Waals surface area contributed by atoms with E-state index in [2.05, 4.69) is 10.0 Å². The van der Waals surface area contributed by atoms with Crippen molar-refractivity contribution in [3.05, 3.63) is 34.1 Å². The summed E-state index contributed by atoms with van der Waals surface area (Å²) in [6, 6.07) is 2.41. The summed E-state index contributed by atoms with van der Waals surface area (Å²) in [5, 5.41) is 14.0. The van der Waals surface area contributed by atoms with E-state index >= 15 is 0 Å². The molecule has 7 nitrogen and oxygen atoms in total. The summed E-state index contributed by atoms with van der Waals surface area (Å²) in [7, 11) is -4.04. The Kier molecular flexibility index (Phi) is 4.86. The molecule has 0 aromatic heterocycles. The fraction of sp³-hybridized carbons (Fsp3) is 0.500. The van der Waals surface area contributed by atoms with Crippen LogP contribution < -0.4 is 10.0 Å². The third-order valence-electron chi connectivity index (χ3n) is 3.37. The quantitative estimate of drug-likeness (QED) is 0.623. The maximum atomic E-state index is 13.0. The predicted octanol–water partition coefficient (Wildman–Crippen LogP) is 1.01. The number of hydrogen-bond acceptors (Lipinski definition) is 5. The zero-order valence-electron chi connectivity index (χ0n) is 11.2. The van der Waals surface area contributed by atoms with Gasteiger partial charge in [-0.1, -0.05) is 0 Å². The third kappa shape index (κ3) is 3.96. The average molecular weight is 317 g/mol. The molecule has 0 bridgehead atoms. The molecule has 1 atom stereocenters. The minimum Gasteiger partial charge on any atom is -0.316 e. The zero-order chi connectivity index (χ0) is 15.5. The first-order chi connectivity index (χ1) is 9.90. The monoisotopic (exact) mass is 317 g/mol. The maximum absolute atomic E-state index is 13.0. The number of hydrogen-bond donors (Lipinski definition) is 2. The van der Waals surface area contributed by atoms with Gasteiger partial charge in [0.1, 0.15) is 5.82 Å². The van der Waals surface area contributed by atoms with Gasteiger partial charge in [-0.3, -0.25) is 10.1 Å². The smallest absolute Gasteiger partial charge is 0.292 e. The minimum atomic E-state index is -4.04. The molecule has 1 heterocycles. The summed E-state index contributed by atoms with van der Waals surface area (Å²) in [5.41, 5.74) is -0.760. The highest BCUT2D eigenvalue weighted by atomic mass is 32.2. The SMILES string of the molecule is O=[N+]([O-])c1cc(F)ccc1S(=O)(=O)NCC1CCCNC1. The lowest BCUT2D eigenvalue weighted by atomic mass is 10.0. The van der Waals surface area contributed by atoms with E-state index in [1.165, 1.54) is 0 Å². The van der Waals surface area contributed by atoms with Crippen molar-refractivity contribution in [2.24, 2.45) is 5.92 Å². The highest BCUT2D eigenvalue weighted by molar-refractivity contribution is 7.89. The Morgan fingerprint density at radius 1 is 1.48 bits per heavy atom. The molecule has 0 saturated carbocycles. The number of piperidine rings is 1. The molecular formula is C12H16FN3O4S. The van der Waals surface area contributed by atoms with Crippen molar-refractivity contribution in [3.63, 3.8) is 0 Å². The van der Waals surface area contributed by atoms with Crippen LogP contribution in [0.4, 0.5) is 10.1 Å². The molecule has 1 fully saturated rings. The second-order valence-corrected chi connectivity index (χ2v) is 6.67. The van der Waals surface area contributed by atoms with E-state index in [4.69, 9.17) is 0 Å². The van der Waals surface area contributed by atoms with E-state index in [-0.39, 0.29) is 12.5 Å². The van der Waals surface area contributed by atoms with Crippen LogP contribution in [0, 0.1) is 21.8 Å².